The smallest absolute Gasteiger partial charge is 0.290 e. The van der Waals surface area contributed by atoms with Crippen LogP contribution in [0.3, 0.4) is 0 Å². The molecule has 4 heteroatoms. The zero-order valence-electron chi connectivity index (χ0n) is 11.9. The minimum atomic E-state index is -0.106. The van der Waals surface area contributed by atoms with Crippen LogP contribution in [0.2, 0.25) is 0 Å². The van der Waals surface area contributed by atoms with E-state index in [9.17, 15) is 4.79 Å². The van der Waals surface area contributed by atoms with Crippen molar-refractivity contribution in [1.29, 1.82) is 5.26 Å². The number of rotatable bonds is 3. The fourth-order valence-electron chi connectivity index (χ4n) is 2.27. The molecule has 2 aromatic carbocycles. The van der Waals surface area contributed by atoms with Crippen molar-refractivity contribution in [3.63, 3.8) is 0 Å². The molecule has 0 fully saturated rings. The van der Waals surface area contributed by atoms with Gasteiger partial charge in [-0.15, -0.1) is 0 Å². The van der Waals surface area contributed by atoms with Crippen molar-refractivity contribution in [1.82, 2.24) is 0 Å². The summed E-state index contributed by atoms with van der Waals surface area (Å²) < 4.78 is 1.85. The van der Waals surface area contributed by atoms with E-state index in [0.29, 0.717) is 11.3 Å². The number of amides is 1. The average Bonchev–Trinajstić information content (AvgIpc) is 2.55. The third-order valence-corrected chi connectivity index (χ3v) is 3.37. The average molecular weight is 288 g/mol. The Bertz CT molecular complexity index is 863. The SMILES string of the molecule is N#Cc1ccc(NC(=O)C[n+]2ccc3ccccc3c2)cc1. The number of pyridine rings is 1. The molecule has 0 saturated carbocycles. The maximum Gasteiger partial charge on any atom is 0.290 e. The molecule has 4 nitrogen and oxygen atoms in total. The van der Waals surface area contributed by atoms with E-state index in [1.807, 2.05) is 53.4 Å². The molecule has 1 N–H and O–H groups in total. The van der Waals surface area contributed by atoms with Crippen molar-refractivity contribution < 1.29 is 9.36 Å². The summed E-state index contributed by atoms with van der Waals surface area (Å²) in [6, 6.07) is 18.9. The van der Waals surface area contributed by atoms with Gasteiger partial charge in [-0.05, 0) is 35.7 Å². The molecule has 1 heterocycles. The summed E-state index contributed by atoms with van der Waals surface area (Å²) in [5, 5.41) is 13.8. The fourth-order valence-corrected chi connectivity index (χ4v) is 2.27. The Hall–Kier alpha value is -3.19. The van der Waals surface area contributed by atoms with Gasteiger partial charge in [-0.25, -0.2) is 0 Å². The lowest BCUT2D eigenvalue weighted by Gasteiger charge is -2.03. The number of nitriles is 1. The molecule has 1 aromatic heterocycles. The summed E-state index contributed by atoms with van der Waals surface area (Å²) in [7, 11) is 0. The minimum absolute atomic E-state index is 0.106. The van der Waals surface area contributed by atoms with Crippen molar-refractivity contribution in [3.8, 4) is 6.07 Å². The third kappa shape index (κ3) is 3.10. The van der Waals surface area contributed by atoms with E-state index >= 15 is 0 Å². The van der Waals surface area contributed by atoms with E-state index in [-0.39, 0.29) is 12.5 Å². The van der Waals surface area contributed by atoms with Crippen LogP contribution >= 0.6 is 0 Å². The Balaban J connectivity index is 1.71. The van der Waals surface area contributed by atoms with Gasteiger partial charge in [0.05, 0.1) is 11.6 Å². The quantitative estimate of drug-likeness (QED) is 0.753. The van der Waals surface area contributed by atoms with E-state index in [1.54, 1.807) is 24.3 Å². The first-order chi connectivity index (χ1) is 10.7. The molecule has 1 amide bonds. The van der Waals surface area contributed by atoms with Gasteiger partial charge in [0.2, 0.25) is 6.54 Å². The van der Waals surface area contributed by atoms with Crippen LogP contribution in [-0.2, 0) is 11.3 Å². The van der Waals surface area contributed by atoms with Crippen molar-refractivity contribution in [3.05, 3.63) is 72.6 Å². The van der Waals surface area contributed by atoms with E-state index in [1.165, 1.54) is 0 Å². The molecule has 0 aliphatic carbocycles. The number of aromatic nitrogens is 1. The molecule has 0 bridgehead atoms. The van der Waals surface area contributed by atoms with Gasteiger partial charge in [0.1, 0.15) is 0 Å². The summed E-state index contributed by atoms with van der Waals surface area (Å²) in [5.41, 5.74) is 1.26. The van der Waals surface area contributed by atoms with Crippen LogP contribution in [0.1, 0.15) is 5.56 Å². The van der Waals surface area contributed by atoms with Crippen molar-refractivity contribution in [2.45, 2.75) is 6.54 Å². The summed E-state index contributed by atoms with van der Waals surface area (Å²) >= 11 is 0. The van der Waals surface area contributed by atoms with Crippen LogP contribution in [0, 0.1) is 11.3 Å². The minimum Gasteiger partial charge on any atom is -0.321 e. The lowest BCUT2D eigenvalue weighted by molar-refractivity contribution is -0.682. The topological polar surface area (TPSA) is 56.8 Å². The van der Waals surface area contributed by atoms with Crippen molar-refractivity contribution >= 4 is 22.4 Å². The van der Waals surface area contributed by atoms with E-state index < -0.39 is 0 Å². The van der Waals surface area contributed by atoms with Gasteiger partial charge in [0, 0.05) is 17.1 Å². The maximum atomic E-state index is 12.1. The number of carbonyl (C=O) groups is 1. The maximum absolute atomic E-state index is 12.1. The predicted octanol–water partition coefficient (Wildman–Crippen LogP) is 2.64. The zero-order chi connectivity index (χ0) is 15.4. The molecule has 0 unspecified atom stereocenters. The molecule has 22 heavy (non-hydrogen) atoms. The number of hydrogen-bond donors (Lipinski definition) is 1. The van der Waals surface area contributed by atoms with E-state index in [0.717, 1.165) is 10.8 Å². The molecule has 0 atom stereocenters. The number of hydrogen-bond acceptors (Lipinski definition) is 2. The van der Waals surface area contributed by atoms with Gasteiger partial charge in [0.25, 0.3) is 5.91 Å². The second kappa shape index (κ2) is 6.06. The lowest BCUT2D eigenvalue weighted by atomic mass is 10.2. The molecule has 106 valence electrons. The van der Waals surface area contributed by atoms with E-state index in [2.05, 4.69) is 5.32 Å². The highest BCUT2D eigenvalue weighted by atomic mass is 16.1. The van der Waals surface area contributed by atoms with Crippen LogP contribution in [0.4, 0.5) is 5.69 Å². The number of anilines is 1. The number of nitrogens with zero attached hydrogens (tertiary/aromatic N) is 2. The number of benzene rings is 2. The van der Waals surface area contributed by atoms with Gasteiger partial charge in [-0.3, -0.25) is 4.79 Å². The second-order valence-electron chi connectivity index (χ2n) is 4.98. The normalized spacial score (nSPS) is 10.1. The van der Waals surface area contributed by atoms with Crippen LogP contribution in [0.5, 0.6) is 0 Å². The molecule has 3 rings (SSSR count). The Labute approximate surface area is 128 Å². The first kappa shape index (κ1) is 13.8. The molecule has 0 aliphatic heterocycles. The largest absolute Gasteiger partial charge is 0.321 e. The standard InChI is InChI=1S/C18H13N3O/c19-11-14-5-7-17(8-6-14)20-18(22)13-21-10-9-15-3-1-2-4-16(15)12-21/h1-10,12H,13H2/p+1. The van der Waals surface area contributed by atoms with Crippen LogP contribution in [0.25, 0.3) is 10.8 Å². The molecule has 0 aliphatic rings. The van der Waals surface area contributed by atoms with Gasteiger partial charge < -0.3 is 5.32 Å². The molecule has 3 aromatic rings. The van der Waals surface area contributed by atoms with Crippen LogP contribution < -0.4 is 9.88 Å². The van der Waals surface area contributed by atoms with E-state index in [4.69, 9.17) is 5.26 Å². The molecular formula is C18H14N3O+. The highest BCUT2D eigenvalue weighted by Crippen LogP contribution is 2.10. The molecular weight excluding hydrogens is 274 g/mol. The first-order valence-corrected chi connectivity index (χ1v) is 6.92. The Kier molecular flexibility index (Phi) is 3.80. The van der Waals surface area contributed by atoms with Gasteiger partial charge >= 0.3 is 0 Å². The summed E-state index contributed by atoms with van der Waals surface area (Å²) in [5.74, 6) is -0.106. The Morgan fingerprint density at radius 3 is 2.50 bits per heavy atom. The highest BCUT2D eigenvalue weighted by molar-refractivity contribution is 5.89. The first-order valence-electron chi connectivity index (χ1n) is 6.92. The third-order valence-electron chi connectivity index (χ3n) is 3.37. The van der Waals surface area contributed by atoms with Gasteiger partial charge in [0.15, 0.2) is 12.4 Å². The van der Waals surface area contributed by atoms with Gasteiger partial charge in [-0.1, -0.05) is 18.2 Å². The Morgan fingerprint density at radius 2 is 1.77 bits per heavy atom. The second-order valence-corrected chi connectivity index (χ2v) is 4.98. The molecule has 0 radical (unpaired) electrons. The zero-order valence-corrected chi connectivity index (χ0v) is 11.9. The summed E-state index contributed by atoms with van der Waals surface area (Å²) in [6.45, 7) is 0.241. The number of nitrogens with one attached hydrogen (secondary N) is 1. The number of fused-ring (bicyclic) bond motifs is 1. The summed E-state index contributed by atoms with van der Waals surface area (Å²) in [4.78, 5) is 12.1. The van der Waals surface area contributed by atoms with Gasteiger partial charge in [-0.2, -0.15) is 9.83 Å². The number of carbonyl (C=O) groups excluding carboxylic acids is 1. The fraction of sp³-hybridized carbons (Fsp3) is 0.0556. The lowest BCUT2D eigenvalue weighted by Crippen LogP contribution is -2.39. The monoisotopic (exact) mass is 288 g/mol. The van der Waals surface area contributed by atoms with Crippen LogP contribution in [-0.4, -0.2) is 5.91 Å². The Morgan fingerprint density at radius 1 is 1.05 bits per heavy atom. The predicted molar refractivity (Wildman–Crippen MR) is 83.9 cm³/mol. The highest BCUT2D eigenvalue weighted by Gasteiger charge is 2.10. The summed E-state index contributed by atoms with van der Waals surface area (Å²) in [6.07, 6.45) is 3.84. The van der Waals surface area contributed by atoms with Crippen molar-refractivity contribution in [2.75, 3.05) is 5.32 Å². The molecule has 0 saturated heterocycles. The molecule has 0 spiro atoms. The van der Waals surface area contributed by atoms with Crippen LogP contribution in [0.15, 0.2) is 67.0 Å². The van der Waals surface area contributed by atoms with Crippen molar-refractivity contribution in [2.24, 2.45) is 0 Å².